The van der Waals surface area contributed by atoms with E-state index in [2.05, 4.69) is 32.3 Å². The third kappa shape index (κ3) is 3.81. The lowest BCUT2D eigenvalue weighted by molar-refractivity contribution is 0.0949. The highest BCUT2D eigenvalue weighted by Gasteiger charge is 2.22. The summed E-state index contributed by atoms with van der Waals surface area (Å²) in [5.41, 5.74) is 3.90. The number of nitrogens with zero attached hydrogens (tertiary/aromatic N) is 3. The summed E-state index contributed by atoms with van der Waals surface area (Å²) in [6.45, 7) is 1.36. The Balaban J connectivity index is 1.39. The molecular formula is C22H22N4O2. The van der Waals surface area contributed by atoms with Crippen LogP contribution < -0.4 is 15.0 Å². The number of hydrogen-bond donors (Lipinski definition) is 1. The normalized spacial score (nSPS) is 12.5. The number of carbonyl (C=O) groups is 1. The number of hydrogen-bond acceptors (Lipinski definition) is 5. The predicted molar refractivity (Wildman–Crippen MR) is 108 cm³/mol. The number of nitrogens with one attached hydrogen (secondary N) is 1. The number of para-hydroxylation sites is 1. The van der Waals surface area contributed by atoms with Crippen LogP contribution in [0.3, 0.4) is 0 Å². The van der Waals surface area contributed by atoms with E-state index in [1.165, 1.54) is 5.56 Å². The van der Waals surface area contributed by atoms with Crippen LogP contribution in [0.1, 0.15) is 21.6 Å². The third-order valence-electron chi connectivity index (χ3n) is 4.86. The van der Waals surface area contributed by atoms with E-state index in [0.717, 1.165) is 36.4 Å². The Morgan fingerprint density at radius 3 is 2.79 bits per heavy atom. The van der Waals surface area contributed by atoms with Gasteiger partial charge in [0.2, 0.25) is 5.95 Å². The summed E-state index contributed by atoms with van der Waals surface area (Å²) in [7, 11) is 1.64. The molecule has 1 amide bonds. The average molecular weight is 374 g/mol. The fourth-order valence-electron chi connectivity index (χ4n) is 3.35. The van der Waals surface area contributed by atoms with Gasteiger partial charge in [-0.05, 0) is 48.2 Å². The van der Waals surface area contributed by atoms with Gasteiger partial charge in [-0.15, -0.1) is 0 Å². The summed E-state index contributed by atoms with van der Waals surface area (Å²) in [5, 5.41) is 2.93. The van der Waals surface area contributed by atoms with Crippen molar-refractivity contribution in [3.05, 3.63) is 77.6 Å². The van der Waals surface area contributed by atoms with Crippen LogP contribution in [-0.2, 0) is 12.8 Å². The molecule has 3 aromatic rings. The van der Waals surface area contributed by atoms with Gasteiger partial charge in [0.1, 0.15) is 11.4 Å². The molecule has 0 unspecified atom stereocenters. The molecule has 0 saturated heterocycles. The van der Waals surface area contributed by atoms with Crippen LogP contribution in [0.25, 0.3) is 0 Å². The molecule has 0 spiro atoms. The van der Waals surface area contributed by atoms with Gasteiger partial charge >= 0.3 is 0 Å². The van der Waals surface area contributed by atoms with Crippen molar-refractivity contribution in [3.63, 3.8) is 0 Å². The highest BCUT2D eigenvalue weighted by molar-refractivity contribution is 5.92. The van der Waals surface area contributed by atoms with E-state index in [-0.39, 0.29) is 5.91 Å². The highest BCUT2D eigenvalue weighted by Crippen LogP contribution is 2.32. The summed E-state index contributed by atoms with van der Waals surface area (Å²) in [5.74, 6) is 1.20. The molecule has 0 fully saturated rings. The number of amides is 1. The minimum atomic E-state index is -0.190. The summed E-state index contributed by atoms with van der Waals surface area (Å²) in [6, 6.07) is 17.7. The number of ether oxygens (including phenoxy) is 1. The average Bonchev–Trinajstić information content (AvgIpc) is 3.18. The summed E-state index contributed by atoms with van der Waals surface area (Å²) in [4.78, 5) is 23.4. The van der Waals surface area contributed by atoms with E-state index < -0.39 is 0 Å². The summed E-state index contributed by atoms with van der Waals surface area (Å²) in [6.07, 6.45) is 3.34. The van der Waals surface area contributed by atoms with Gasteiger partial charge in [0.25, 0.3) is 5.91 Å². The molecule has 2 heterocycles. The van der Waals surface area contributed by atoms with Gasteiger partial charge in [0.15, 0.2) is 0 Å². The van der Waals surface area contributed by atoms with Crippen molar-refractivity contribution < 1.29 is 9.53 Å². The van der Waals surface area contributed by atoms with E-state index in [9.17, 15) is 4.79 Å². The second kappa shape index (κ2) is 8.08. The SMILES string of the molecule is COc1ccc(CCNC(=O)c2ccnc(N3CCc4ccccc43)n2)cc1. The topological polar surface area (TPSA) is 67.3 Å². The maximum atomic E-state index is 12.5. The van der Waals surface area contributed by atoms with Gasteiger partial charge < -0.3 is 15.0 Å². The van der Waals surface area contributed by atoms with Crippen LogP contribution in [-0.4, -0.2) is 36.1 Å². The first-order valence-corrected chi connectivity index (χ1v) is 9.34. The van der Waals surface area contributed by atoms with Crippen molar-refractivity contribution in [2.45, 2.75) is 12.8 Å². The Bertz CT molecular complexity index is 972. The van der Waals surface area contributed by atoms with Gasteiger partial charge in [-0.3, -0.25) is 4.79 Å². The molecule has 0 bridgehead atoms. The molecule has 0 atom stereocenters. The van der Waals surface area contributed by atoms with Gasteiger partial charge in [0, 0.05) is 25.0 Å². The molecule has 1 N–H and O–H groups in total. The summed E-state index contributed by atoms with van der Waals surface area (Å²) < 4.78 is 5.16. The molecule has 142 valence electrons. The van der Waals surface area contributed by atoms with E-state index in [0.29, 0.717) is 18.2 Å². The maximum Gasteiger partial charge on any atom is 0.270 e. The molecule has 6 nitrogen and oxygen atoms in total. The largest absolute Gasteiger partial charge is 0.497 e. The number of carbonyl (C=O) groups excluding carboxylic acids is 1. The van der Waals surface area contributed by atoms with Crippen LogP contribution >= 0.6 is 0 Å². The number of anilines is 2. The molecule has 6 heteroatoms. The number of aromatic nitrogens is 2. The van der Waals surface area contributed by atoms with Gasteiger partial charge in [-0.1, -0.05) is 30.3 Å². The highest BCUT2D eigenvalue weighted by atomic mass is 16.5. The van der Waals surface area contributed by atoms with Gasteiger partial charge in [-0.2, -0.15) is 0 Å². The second-order valence-corrected chi connectivity index (χ2v) is 6.63. The van der Waals surface area contributed by atoms with Crippen LogP contribution in [0.15, 0.2) is 60.8 Å². The molecule has 0 aliphatic carbocycles. The molecule has 2 aromatic carbocycles. The number of methoxy groups -OCH3 is 1. The molecule has 1 aliphatic heterocycles. The van der Waals surface area contributed by atoms with Crippen molar-refractivity contribution in [1.29, 1.82) is 0 Å². The fourth-order valence-corrected chi connectivity index (χ4v) is 3.35. The first-order chi connectivity index (χ1) is 13.7. The molecule has 1 aromatic heterocycles. The quantitative estimate of drug-likeness (QED) is 0.718. The number of fused-ring (bicyclic) bond motifs is 1. The lowest BCUT2D eigenvalue weighted by atomic mass is 10.1. The minimum absolute atomic E-state index is 0.190. The smallest absolute Gasteiger partial charge is 0.270 e. The monoisotopic (exact) mass is 374 g/mol. The van der Waals surface area contributed by atoms with E-state index >= 15 is 0 Å². The minimum Gasteiger partial charge on any atom is -0.497 e. The lowest BCUT2D eigenvalue weighted by Crippen LogP contribution is -2.27. The second-order valence-electron chi connectivity index (χ2n) is 6.63. The lowest BCUT2D eigenvalue weighted by Gasteiger charge is -2.17. The molecule has 0 radical (unpaired) electrons. The maximum absolute atomic E-state index is 12.5. The molecule has 1 aliphatic rings. The number of rotatable bonds is 6. The van der Waals surface area contributed by atoms with E-state index in [1.807, 2.05) is 36.4 Å². The molecular weight excluding hydrogens is 352 g/mol. The van der Waals surface area contributed by atoms with Crippen molar-refractivity contribution in [3.8, 4) is 5.75 Å². The number of benzene rings is 2. The van der Waals surface area contributed by atoms with Crippen LogP contribution in [0, 0.1) is 0 Å². The Morgan fingerprint density at radius 2 is 1.96 bits per heavy atom. The van der Waals surface area contributed by atoms with Crippen LogP contribution in [0.4, 0.5) is 11.6 Å². The van der Waals surface area contributed by atoms with Crippen molar-refractivity contribution >= 4 is 17.5 Å². The fraction of sp³-hybridized carbons (Fsp3) is 0.227. The zero-order valence-electron chi connectivity index (χ0n) is 15.8. The molecule has 4 rings (SSSR count). The van der Waals surface area contributed by atoms with Crippen LogP contribution in [0.5, 0.6) is 5.75 Å². The first-order valence-electron chi connectivity index (χ1n) is 9.34. The standard InChI is InChI=1S/C22H22N4O2/c1-28-18-8-6-16(7-9-18)10-13-23-21(27)19-11-14-24-22(25-19)26-15-12-17-4-2-3-5-20(17)26/h2-9,11,14H,10,12-13,15H2,1H3,(H,23,27). The Labute approximate surface area is 164 Å². The van der Waals surface area contributed by atoms with Crippen molar-refractivity contribution in [2.24, 2.45) is 0 Å². The first kappa shape index (κ1) is 18.0. The zero-order valence-corrected chi connectivity index (χ0v) is 15.8. The molecule has 0 saturated carbocycles. The van der Waals surface area contributed by atoms with Gasteiger partial charge in [0.05, 0.1) is 7.11 Å². The Hall–Kier alpha value is -3.41. The van der Waals surface area contributed by atoms with E-state index in [1.54, 1.807) is 19.4 Å². The third-order valence-corrected chi connectivity index (χ3v) is 4.86. The Kier molecular flexibility index (Phi) is 5.19. The van der Waals surface area contributed by atoms with Crippen molar-refractivity contribution in [2.75, 3.05) is 25.1 Å². The van der Waals surface area contributed by atoms with Gasteiger partial charge in [-0.25, -0.2) is 9.97 Å². The predicted octanol–water partition coefficient (Wildman–Crippen LogP) is 3.15. The molecule has 28 heavy (non-hydrogen) atoms. The van der Waals surface area contributed by atoms with Crippen LogP contribution in [0.2, 0.25) is 0 Å². The summed E-state index contributed by atoms with van der Waals surface area (Å²) >= 11 is 0. The van der Waals surface area contributed by atoms with E-state index in [4.69, 9.17) is 4.74 Å². The zero-order chi connectivity index (χ0) is 19.3. The van der Waals surface area contributed by atoms with Crippen molar-refractivity contribution in [1.82, 2.24) is 15.3 Å². The Morgan fingerprint density at radius 1 is 1.14 bits per heavy atom.